The molecule has 1 unspecified atom stereocenters. The largest absolute Gasteiger partial charge is 0.496 e. The summed E-state index contributed by atoms with van der Waals surface area (Å²) in [5, 5.41) is 3.75. The Bertz CT molecular complexity index is 427. The molecule has 1 saturated heterocycles. The van der Waals surface area contributed by atoms with E-state index in [1.54, 1.807) is 7.11 Å². The highest BCUT2D eigenvalue weighted by molar-refractivity contribution is 5.37. The maximum absolute atomic E-state index is 5.54. The van der Waals surface area contributed by atoms with Crippen molar-refractivity contribution in [2.75, 3.05) is 26.9 Å². The second-order valence-corrected chi connectivity index (χ2v) is 6.03. The van der Waals surface area contributed by atoms with Crippen LogP contribution in [0, 0.1) is 12.8 Å². The Morgan fingerprint density at radius 1 is 1.33 bits per heavy atom. The predicted octanol–water partition coefficient (Wildman–Crippen LogP) is 3.34. The molecule has 1 fully saturated rings. The molecule has 21 heavy (non-hydrogen) atoms. The highest BCUT2D eigenvalue weighted by atomic mass is 16.5. The van der Waals surface area contributed by atoms with Gasteiger partial charge in [0.15, 0.2) is 0 Å². The van der Waals surface area contributed by atoms with Crippen LogP contribution in [0.25, 0.3) is 0 Å². The summed E-state index contributed by atoms with van der Waals surface area (Å²) in [4.78, 5) is 0. The van der Waals surface area contributed by atoms with Crippen molar-refractivity contribution in [1.82, 2.24) is 5.32 Å². The molecule has 2 rings (SSSR count). The smallest absolute Gasteiger partial charge is 0.122 e. The van der Waals surface area contributed by atoms with Crippen molar-refractivity contribution in [1.29, 1.82) is 0 Å². The first-order valence-electron chi connectivity index (χ1n) is 8.19. The van der Waals surface area contributed by atoms with Crippen molar-refractivity contribution in [3.8, 4) is 5.75 Å². The van der Waals surface area contributed by atoms with Crippen LogP contribution >= 0.6 is 0 Å². The van der Waals surface area contributed by atoms with Gasteiger partial charge in [0.1, 0.15) is 5.75 Å². The van der Waals surface area contributed by atoms with Crippen LogP contribution in [0.3, 0.4) is 0 Å². The van der Waals surface area contributed by atoms with Crippen LogP contribution in [-0.2, 0) is 11.2 Å². The van der Waals surface area contributed by atoms with Gasteiger partial charge in [-0.25, -0.2) is 0 Å². The van der Waals surface area contributed by atoms with Crippen molar-refractivity contribution in [3.05, 3.63) is 29.3 Å². The Hall–Kier alpha value is -1.06. The molecule has 3 nitrogen and oxygen atoms in total. The number of hydrogen-bond acceptors (Lipinski definition) is 3. The second kappa shape index (κ2) is 8.40. The highest BCUT2D eigenvalue weighted by Crippen LogP contribution is 2.26. The number of ether oxygens (including phenoxy) is 2. The highest BCUT2D eigenvalue weighted by Gasteiger charge is 2.24. The molecule has 1 heterocycles. The summed E-state index contributed by atoms with van der Waals surface area (Å²) in [6.07, 6.45) is 4.53. The number of aryl methyl sites for hydroxylation is 1. The van der Waals surface area contributed by atoms with Gasteiger partial charge < -0.3 is 14.8 Å². The standard InChI is InChI=1S/C18H29NO2/c1-4-9-19-17(15-7-10-21-11-8-15)13-16-12-14(2)5-6-18(16)20-3/h5-6,12,15,17,19H,4,7-11,13H2,1-3H3. The number of hydrogen-bond donors (Lipinski definition) is 1. The summed E-state index contributed by atoms with van der Waals surface area (Å²) < 4.78 is 11.1. The summed E-state index contributed by atoms with van der Waals surface area (Å²) in [7, 11) is 1.76. The third-order valence-corrected chi connectivity index (χ3v) is 4.37. The molecule has 118 valence electrons. The second-order valence-electron chi connectivity index (χ2n) is 6.03. The SMILES string of the molecule is CCCNC(Cc1cc(C)ccc1OC)C1CCOCC1. The van der Waals surface area contributed by atoms with Crippen LogP contribution in [0.4, 0.5) is 0 Å². The fourth-order valence-corrected chi connectivity index (χ4v) is 3.16. The zero-order valence-corrected chi connectivity index (χ0v) is 13.7. The van der Waals surface area contributed by atoms with Crippen molar-refractivity contribution in [2.24, 2.45) is 5.92 Å². The van der Waals surface area contributed by atoms with Crippen LogP contribution in [0.2, 0.25) is 0 Å². The Labute approximate surface area is 129 Å². The van der Waals surface area contributed by atoms with Gasteiger partial charge in [-0.15, -0.1) is 0 Å². The third kappa shape index (κ3) is 4.72. The average molecular weight is 291 g/mol. The maximum atomic E-state index is 5.54. The molecule has 0 bridgehead atoms. The molecule has 0 radical (unpaired) electrons. The van der Waals surface area contributed by atoms with Crippen LogP contribution in [0.5, 0.6) is 5.75 Å². The molecule has 3 heteroatoms. The van der Waals surface area contributed by atoms with E-state index in [-0.39, 0.29) is 0 Å². The van der Waals surface area contributed by atoms with Crippen molar-refractivity contribution < 1.29 is 9.47 Å². The topological polar surface area (TPSA) is 30.5 Å². The van der Waals surface area contributed by atoms with Gasteiger partial charge in [0.2, 0.25) is 0 Å². The average Bonchev–Trinajstić information content (AvgIpc) is 2.52. The quantitative estimate of drug-likeness (QED) is 0.836. The normalized spacial score (nSPS) is 17.7. The molecule has 0 aliphatic carbocycles. The third-order valence-electron chi connectivity index (χ3n) is 4.37. The van der Waals surface area contributed by atoms with E-state index in [0.29, 0.717) is 12.0 Å². The van der Waals surface area contributed by atoms with Gasteiger partial charge in [0.25, 0.3) is 0 Å². The van der Waals surface area contributed by atoms with E-state index in [4.69, 9.17) is 9.47 Å². The van der Waals surface area contributed by atoms with E-state index < -0.39 is 0 Å². The van der Waals surface area contributed by atoms with E-state index in [1.807, 2.05) is 0 Å². The molecular formula is C18H29NO2. The molecule has 1 N–H and O–H groups in total. The summed E-state index contributed by atoms with van der Waals surface area (Å²) in [6, 6.07) is 6.99. The number of methoxy groups -OCH3 is 1. The first kappa shape index (κ1) is 16.3. The van der Waals surface area contributed by atoms with E-state index >= 15 is 0 Å². The van der Waals surface area contributed by atoms with E-state index in [2.05, 4.69) is 37.4 Å². The van der Waals surface area contributed by atoms with Crippen molar-refractivity contribution in [3.63, 3.8) is 0 Å². The maximum Gasteiger partial charge on any atom is 0.122 e. The molecule has 0 aromatic heterocycles. The van der Waals surface area contributed by atoms with Gasteiger partial charge in [-0.05, 0) is 56.7 Å². The molecule has 0 spiro atoms. The van der Waals surface area contributed by atoms with Crippen LogP contribution in [-0.4, -0.2) is 32.9 Å². The Balaban J connectivity index is 2.11. The molecule has 0 saturated carbocycles. The van der Waals surface area contributed by atoms with Gasteiger partial charge in [0.05, 0.1) is 7.11 Å². The lowest BCUT2D eigenvalue weighted by Crippen LogP contribution is -2.41. The molecule has 1 aromatic rings. The summed E-state index contributed by atoms with van der Waals surface area (Å²) in [5.41, 5.74) is 2.62. The Kier molecular flexibility index (Phi) is 6.52. The minimum Gasteiger partial charge on any atom is -0.496 e. The summed E-state index contributed by atoms with van der Waals surface area (Å²) >= 11 is 0. The fourth-order valence-electron chi connectivity index (χ4n) is 3.16. The van der Waals surface area contributed by atoms with Gasteiger partial charge in [-0.2, -0.15) is 0 Å². The van der Waals surface area contributed by atoms with E-state index in [9.17, 15) is 0 Å². The van der Waals surface area contributed by atoms with E-state index in [0.717, 1.165) is 44.8 Å². The summed E-state index contributed by atoms with van der Waals surface area (Å²) in [6.45, 7) is 7.25. The van der Waals surface area contributed by atoms with Crippen LogP contribution in [0.1, 0.15) is 37.3 Å². The molecular weight excluding hydrogens is 262 g/mol. The molecule has 1 aliphatic heterocycles. The van der Waals surface area contributed by atoms with Crippen LogP contribution in [0.15, 0.2) is 18.2 Å². The zero-order valence-electron chi connectivity index (χ0n) is 13.7. The van der Waals surface area contributed by atoms with E-state index in [1.165, 1.54) is 17.5 Å². The van der Waals surface area contributed by atoms with Crippen molar-refractivity contribution >= 4 is 0 Å². The van der Waals surface area contributed by atoms with Crippen LogP contribution < -0.4 is 10.1 Å². The van der Waals surface area contributed by atoms with Gasteiger partial charge >= 0.3 is 0 Å². The molecule has 1 aromatic carbocycles. The van der Waals surface area contributed by atoms with Gasteiger partial charge in [-0.1, -0.05) is 24.6 Å². The number of benzene rings is 1. The number of rotatable bonds is 7. The van der Waals surface area contributed by atoms with Crippen molar-refractivity contribution in [2.45, 2.75) is 45.6 Å². The summed E-state index contributed by atoms with van der Waals surface area (Å²) in [5.74, 6) is 1.71. The minimum atomic E-state index is 0.518. The predicted molar refractivity (Wildman–Crippen MR) is 87.1 cm³/mol. The molecule has 1 atom stereocenters. The minimum absolute atomic E-state index is 0.518. The fraction of sp³-hybridized carbons (Fsp3) is 0.667. The molecule has 0 amide bonds. The molecule has 1 aliphatic rings. The van der Waals surface area contributed by atoms with Gasteiger partial charge in [0, 0.05) is 19.3 Å². The first-order chi connectivity index (χ1) is 10.2. The Morgan fingerprint density at radius 3 is 2.76 bits per heavy atom. The van der Waals surface area contributed by atoms with Gasteiger partial charge in [-0.3, -0.25) is 0 Å². The zero-order chi connectivity index (χ0) is 15.1. The lowest BCUT2D eigenvalue weighted by molar-refractivity contribution is 0.0537. The number of nitrogens with one attached hydrogen (secondary N) is 1. The monoisotopic (exact) mass is 291 g/mol. The lowest BCUT2D eigenvalue weighted by atomic mass is 9.87. The lowest BCUT2D eigenvalue weighted by Gasteiger charge is -2.31. The Morgan fingerprint density at radius 2 is 2.10 bits per heavy atom. The first-order valence-corrected chi connectivity index (χ1v) is 8.19.